The van der Waals surface area contributed by atoms with Gasteiger partial charge in [0.05, 0.1) is 28.5 Å². The molecule has 0 spiro atoms. The van der Waals surface area contributed by atoms with Crippen LogP contribution in [-0.4, -0.2) is 28.2 Å². The van der Waals surface area contributed by atoms with E-state index in [0.29, 0.717) is 6.61 Å². The van der Waals surface area contributed by atoms with E-state index in [2.05, 4.69) is 9.97 Å². The summed E-state index contributed by atoms with van der Waals surface area (Å²) in [5, 5.41) is 0.748. The van der Waals surface area contributed by atoms with Gasteiger partial charge >= 0.3 is 0 Å². The van der Waals surface area contributed by atoms with Crippen LogP contribution in [0.3, 0.4) is 0 Å². The first-order valence-electron chi connectivity index (χ1n) is 9.46. The minimum Gasteiger partial charge on any atom is -0.489 e. The Hall–Kier alpha value is -3.25. The van der Waals surface area contributed by atoms with E-state index in [1.54, 1.807) is 0 Å². The average molecular weight is 401 g/mol. The van der Waals surface area contributed by atoms with Crippen molar-refractivity contribution >= 4 is 34.4 Å². The van der Waals surface area contributed by atoms with Crippen molar-refractivity contribution in [3.8, 4) is 5.75 Å². The summed E-state index contributed by atoms with van der Waals surface area (Å²) in [6.07, 6.45) is 0. The number of aromatic amines is 1. The molecule has 1 unspecified atom stereocenters. The third kappa shape index (κ3) is 3.47. The molecule has 1 aliphatic heterocycles. The molecule has 0 bridgehead atoms. The van der Waals surface area contributed by atoms with E-state index < -0.39 is 0 Å². The van der Waals surface area contributed by atoms with Crippen LogP contribution in [0.2, 0.25) is 0 Å². The van der Waals surface area contributed by atoms with Crippen LogP contribution < -0.4 is 9.64 Å². The number of nitrogens with one attached hydrogen (secondary N) is 1. The Morgan fingerprint density at radius 2 is 1.79 bits per heavy atom. The molecule has 1 atom stereocenters. The number of thioether (sulfide) groups is 1. The Labute approximate surface area is 172 Å². The first kappa shape index (κ1) is 17.8. The van der Waals surface area contributed by atoms with Gasteiger partial charge in [0.2, 0.25) is 5.91 Å². The number of H-pyrrole nitrogens is 1. The van der Waals surface area contributed by atoms with Crippen molar-refractivity contribution in [3.05, 3.63) is 84.4 Å². The van der Waals surface area contributed by atoms with Gasteiger partial charge in [-0.1, -0.05) is 66.4 Å². The van der Waals surface area contributed by atoms with Gasteiger partial charge in [-0.2, -0.15) is 0 Å². The van der Waals surface area contributed by atoms with Gasteiger partial charge in [0, 0.05) is 0 Å². The highest BCUT2D eigenvalue weighted by molar-refractivity contribution is 7.99. The minimum absolute atomic E-state index is 0.0278. The zero-order valence-electron chi connectivity index (χ0n) is 15.6. The molecule has 1 amide bonds. The highest BCUT2D eigenvalue weighted by Gasteiger charge is 2.33. The molecule has 0 saturated heterocycles. The fourth-order valence-corrected chi connectivity index (χ4v) is 4.36. The number of rotatable bonds is 4. The summed E-state index contributed by atoms with van der Waals surface area (Å²) in [5.74, 6) is 1.05. The van der Waals surface area contributed by atoms with E-state index in [0.717, 1.165) is 33.2 Å². The SMILES string of the molecule is O=C(CSc1nc2ccccc2[nH]1)N1c2ccccc2OCC1c1ccccc1. The summed E-state index contributed by atoms with van der Waals surface area (Å²) in [4.78, 5) is 23.0. The largest absolute Gasteiger partial charge is 0.489 e. The van der Waals surface area contributed by atoms with Gasteiger partial charge in [-0.05, 0) is 29.8 Å². The molecule has 0 aliphatic carbocycles. The topological polar surface area (TPSA) is 58.2 Å². The smallest absolute Gasteiger partial charge is 0.238 e. The first-order valence-corrected chi connectivity index (χ1v) is 10.4. The van der Waals surface area contributed by atoms with Gasteiger partial charge < -0.3 is 9.72 Å². The summed E-state index contributed by atoms with van der Waals surface area (Å²) in [5.41, 5.74) is 3.74. The third-order valence-corrected chi connectivity index (χ3v) is 5.84. The van der Waals surface area contributed by atoms with Crippen LogP contribution in [-0.2, 0) is 4.79 Å². The van der Waals surface area contributed by atoms with Crippen molar-refractivity contribution < 1.29 is 9.53 Å². The van der Waals surface area contributed by atoms with Crippen molar-refractivity contribution in [1.29, 1.82) is 0 Å². The molecule has 1 aromatic heterocycles. The number of para-hydroxylation sites is 4. The number of hydrogen-bond donors (Lipinski definition) is 1. The Kier molecular flexibility index (Phi) is 4.69. The summed E-state index contributed by atoms with van der Waals surface area (Å²) >= 11 is 1.42. The number of hydrogen-bond acceptors (Lipinski definition) is 4. The Morgan fingerprint density at radius 1 is 1.03 bits per heavy atom. The molecule has 5 rings (SSSR count). The number of imidazole rings is 1. The highest BCUT2D eigenvalue weighted by atomic mass is 32.2. The summed E-state index contributed by atoms with van der Waals surface area (Å²) in [6.45, 7) is 0.433. The number of fused-ring (bicyclic) bond motifs is 2. The van der Waals surface area contributed by atoms with Crippen molar-refractivity contribution in [2.24, 2.45) is 0 Å². The van der Waals surface area contributed by atoms with Crippen LogP contribution in [0.25, 0.3) is 11.0 Å². The predicted molar refractivity (Wildman–Crippen MR) is 115 cm³/mol. The molecule has 29 heavy (non-hydrogen) atoms. The second-order valence-electron chi connectivity index (χ2n) is 6.82. The maximum Gasteiger partial charge on any atom is 0.238 e. The van der Waals surface area contributed by atoms with E-state index in [-0.39, 0.29) is 17.7 Å². The van der Waals surface area contributed by atoms with Crippen molar-refractivity contribution in [1.82, 2.24) is 9.97 Å². The molecule has 6 heteroatoms. The van der Waals surface area contributed by atoms with E-state index in [1.807, 2.05) is 83.8 Å². The number of anilines is 1. The van der Waals surface area contributed by atoms with Gasteiger partial charge in [0.15, 0.2) is 5.16 Å². The molecule has 3 aromatic carbocycles. The zero-order chi connectivity index (χ0) is 19.6. The zero-order valence-corrected chi connectivity index (χ0v) is 16.4. The van der Waals surface area contributed by atoms with Crippen molar-refractivity contribution in [2.75, 3.05) is 17.3 Å². The molecule has 144 valence electrons. The summed E-state index contributed by atoms with van der Waals surface area (Å²) in [7, 11) is 0. The molecular weight excluding hydrogens is 382 g/mol. The first-order chi connectivity index (χ1) is 14.3. The molecule has 0 fully saturated rings. The molecule has 0 radical (unpaired) electrons. The fourth-order valence-electron chi connectivity index (χ4n) is 3.62. The van der Waals surface area contributed by atoms with Crippen LogP contribution in [0.15, 0.2) is 84.0 Å². The molecule has 4 aromatic rings. The van der Waals surface area contributed by atoms with Gasteiger partial charge in [-0.25, -0.2) is 4.98 Å². The van der Waals surface area contributed by atoms with Gasteiger partial charge in [-0.15, -0.1) is 0 Å². The Morgan fingerprint density at radius 3 is 2.66 bits per heavy atom. The number of benzene rings is 3. The molecule has 0 saturated carbocycles. The van der Waals surface area contributed by atoms with E-state index in [1.165, 1.54) is 11.8 Å². The lowest BCUT2D eigenvalue weighted by Gasteiger charge is -2.37. The van der Waals surface area contributed by atoms with Gasteiger partial charge in [0.25, 0.3) is 0 Å². The third-order valence-electron chi connectivity index (χ3n) is 4.99. The summed E-state index contributed by atoms with van der Waals surface area (Å²) in [6, 6.07) is 25.4. The maximum atomic E-state index is 13.3. The van der Waals surface area contributed by atoms with Crippen LogP contribution >= 0.6 is 11.8 Å². The second kappa shape index (κ2) is 7.64. The lowest BCUT2D eigenvalue weighted by atomic mass is 10.0. The molecule has 2 heterocycles. The van der Waals surface area contributed by atoms with Crippen molar-refractivity contribution in [2.45, 2.75) is 11.2 Å². The fraction of sp³-hybridized carbons (Fsp3) is 0.130. The van der Waals surface area contributed by atoms with E-state index in [4.69, 9.17) is 4.74 Å². The molecule has 5 nitrogen and oxygen atoms in total. The lowest BCUT2D eigenvalue weighted by molar-refractivity contribution is -0.117. The van der Waals surface area contributed by atoms with Crippen LogP contribution in [0.4, 0.5) is 5.69 Å². The standard InChI is InChI=1S/C23H19N3O2S/c27-22(15-29-23-24-17-10-4-5-11-18(17)25-23)26-19-12-6-7-13-21(19)28-14-20(26)16-8-2-1-3-9-16/h1-13,20H,14-15H2,(H,24,25). The molecule has 1 aliphatic rings. The number of nitrogens with zero attached hydrogens (tertiary/aromatic N) is 2. The number of carbonyl (C=O) groups is 1. The number of amides is 1. The number of carbonyl (C=O) groups excluding carboxylic acids is 1. The van der Waals surface area contributed by atoms with Gasteiger partial charge in [0.1, 0.15) is 12.4 Å². The van der Waals surface area contributed by atoms with Crippen LogP contribution in [0, 0.1) is 0 Å². The second-order valence-corrected chi connectivity index (χ2v) is 7.78. The monoisotopic (exact) mass is 401 g/mol. The van der Waals surface area contributed by atoms with Crippen LogP contribution in [0.5, 0.6) is 5.75 Å². The Balaban J connectivity index is 1.42. The normalized spacial score (nSPS) is 15.7. The van der Waals surface area contributed by atoms with E-state index in [9.17, 15) is 4.79 Å². The van der Waals surface area contributed by atoms with Gasteiger partial charge in [-0.3, -0.25) is 9.69 Å². The van der Waals surface area contributed by atoms with E-state index >= 15 is 0 Å². The van der Waals surface area contributed by atoms with Crippen LogP contribution in [0.1, 0.15) is 11.6 Å². The Bertz CT molecular complexity index is 1130. The molecule has 1 N–H and O–H groups in total. The lowest BCUT2D eigenvalue weighted by Crippen LogP contribution is -2.42. The number of aromatic nitrogens is 2. The average Bonchev–Trinajstić information content (AvgIpc) is 3.20. The maximum absolute atomic E-state index is 13.3. The molecular formula is C23H19N3O2S. The minimum atomic E-state index is -0.158. The predicted octanol–water partition coefficient (Wildman–Crippen LogP) is 4.82. The van der Waals surface area contributed by atoms with Crippen molar-refractivity contribution in [3.63, 3.8) is 0 Å². The quantitative estimate of drug-likeness (QED) is 0.498. The summed E-state index contributed by atoms with van der Waals surface area (Å²) < 4.78 is 5.95. The number of ether oxygens (including phenoxy) is 1. The highest BCUT2D eigenvalue weighted by Crippen LogP contribution is 2.39.